The highest BCUT2D eigenvalue weighted by molar-refractivity contribution is 7.99. The lowest BCUT2D eigenvalue weighted by Gasteiger charge is -2.11. The number of nitrogens with one attached hydrogen (secondary N) is 2. The molecule has 16 heteroatoms. The topological polar surface area (TPSA) is 164 Å². The zero-order chi connectivity index (χ0) is 35.7. The Hall–Kier alpha value is -4.28. The molecule has 0 bridgehead atoms. The molecule has 256 valence electrons. The molecule has 0 atom stereocenters. The Labute approximate surface area is 305 Å². The number of halogens is 1. The van der Waals surface area contributed by atoms with Crippen molar-refractivity contribution in [1.82, 2.24) is 14.8 Å². The smallest absolute Gasteiger partial charge is 0.321 e. The zero-order valence-electron chi connectivity index (χ0n) is 27.0. The van der Waals surface area contributed by atoms with Crippen molar-refractivity contribution in [1.29, 1.82) is 0 Å². The molecule has 5 rings (SSSR count). The minimum Gasteiger partial charge on any atom is -0.365 e. The maximum absolute atomic E-state index is 11.9. The van der Waals surface area contributed by atoms with Crippen molar-refractivity contribution >= 4 is 103 Å². The Morgan fingerprint density at radius 1 is 0.735 bits per heavy atom. The van der Waals surface area contributed by atoms with Gasteiger partial charge in [0, 0.05) is 70.7 Å². The van der Waals surface area contributed by atoms with Crippen molar-refractivity contribution in [2.24, 2.45) is 11.5 Å². The van der Waals surface area contributed by atoms with E-state index in [-0.39, 0.29) is 12.1 Å². The molecule has 3 aromatic heterocycles. The van der Waals surface area contributed by atoms with Crippen molar-refractivity contribution in [3.63, 3.8) is 0 Å². The average molecular weight is 756 g/mol. The van der Waals surface area contributed by atoms with Gasteiger partial charge in [0.25, 0.3) is 11.8 Å². The van der Waals surface area contributed by atoms with E-state index in [1.54, 1.807) is 28.2 Å². The number of nitrogens with zero attached hydrogens (tertiary/aromatic N) is 3. The second-order valence-corrected chi connectivity index (χ2v) is 14.9. The Kier molecular flexibility index (Phi) is 13.3. The van der Waals surface area contributed by atoms with E-state index in [1.165, 1.54) is 56.0 Å². The summed E-state index contributed by atoms with van der Waals surface area (Å²) < 4.78 is 0. The van der Waals surface area contributed by atoms with Crippen molar-refractivity contribution in [3.8, 4) is 0 Å². The SMILES string of the molecule is CN(C)C(=O)Nc1scc(SCc2ccc(Cl)cc2)c1C(N)=O.CN(C)C(=O)Nc1scc(SCc2ccc3ccccc3n2)c1C(N)=O. The Morgan fingerprint density at radius 3 is 1.76 bits per heavy atom. The van der Waals surface area contributed by atoms with Gasteiger partial charge in [-0.05, 0) is 29.8 Å². The second kappa shape index (κ2) is 17.4. The van der Waals surface area contributed by atoms with Crippen molar-refractivity contribution in [2.75, 3.05) is 38.8 Å². The van der Waals surface area contributed by atoms with Gasteiger partial charge in [0.1, 0.15) is 10.0 Å². The Morgan fingerprint density at radius 2 is 1.24 bits per heavy atom. The number of fused-ring (bicyclic) bond motifs is 1. The number of para-hydroxylation sites is 1. The van der Waals surface area contributed by atoms with Gasteiger partial charge in [0.15, 0.2) is 0 Å². The first-order valence-electron chi connectivity index (χ1n) is 14.5. The highest BCUT2D eigenvalue weighted by Crippen LogP contribution is 2.37. The standard InChI is InChI=1S/C18H18N4O2S2.C15H16ClN3O2S2/c1-22(2)18(24)21-17-15(16(19)23)14(10-26-17)25-9-12-8-7-11-5-3-4-6-13(11)20-12;1-19(2)15(21)18-14-12(13(17)20)11(8-23-14)22-7-9-3-5-10(16)6-4-9/h3-8,10H,9H2,1-2H3,(H2,19,23)(H,21,24);3-6,8H,7H2,1-2H3,(H2,17,20)(H,18,21). The van der Waals surface area contributed by atoms with E-state index in [2.05, 4.69) is 15.6 Å². The summed E-state index contributed by atoms with van der Waals surface area (Å²) in [6, 6.07) is 18.8. The minimum absolute atomic E-state index is 0.302. The van der Waals surface area contributed by atoms with Crippen LogP contribution in [-0.2, 0) is 11.5 Å². The molecule has 0 saturated carbocycles. The molecule has 0 aliphatic rings. The van der Waals surface area contributed by atoms with Gasteiger partial charge in [-0.15, -0.1) is 46.2 Å². The first-order valence-corrected chi connectivity index (χ1v) is 18.6. The van der Waals surface area contributed by atoms with Gasteiger partial charge in [-0.2, -0.15) is 0 Å². The third-order valence-corrected chi connectivity index (χ3v) is 11.1. The first kappa shape index (κ1) is 37.5. The largest absolute Gasteiger partial charge is 0.365 e. The number of pyridine rings is 1. The summed E-state index contributed by atoms with van der Waals surface area (Å²) in [6.07, 6.45) is 0. The maximum atomic E-state index is 11.9. The van der Waals surface area contributed by atoms with Gasteiger partial charge in [0.2, 0.25) is 0 Å². The molecule has 0 fully saturated rings. The van der Waals surface area contributed by atoms with Crippen LogP contribution < -0.4 is 22.1 Å². The number of carbonyl (C=O) groups is 4. The number of carbonyl (C=O) groups excluding carboxylic acids is 4. The second-order valence-electron chi connectivity index (χ2n) is 10.7. The van der Waals surface area contributed by atoms with Crippen LogP contribution in [0.1, 0.15) is 32.0 Å². The molecule has 0 aliphatic carbocycles. The first-order chi connectivity index (χ1) is 23.3. The summed E-state index contributed by atoms with van der Waals surface area (Å²) in [6.45, 7) is 0. The molecule has 0 spiro atoms. The average Bonchev–Trinajstić information content (AvgIpc) is 3.67. The molecule has 49 heavy (non-hydrogen) atoms. The van der Waals surface area contributed by atoms with Crippen molar-refractivity contribution in [3.05, 3.63) is 98.8 Å². The van der Waals surface area contributed by atoms with Crippen LogP contribution in [0.2, 0.25) is 5.02 Å². The van der Waals surface area contributed by atoms with Gasteiger partial charge in [-0.3, -0.25) is 25.2 Å². The summed E-state index contributed by atoms with van der Waals surface area (Å²) in [5.74, 6) is 0.159. The van der Waals surface area contributed by atoms with Crippen LogP contribution >= 0.6 is 57.8 Å². The fourth-order valence-corrected chi connectivity index (χ4v) is 8.44. The van der Waals surface area contributed by atoms with Crippen molar-refractivity contribution in [2.45, 2.75) is 21.3 Å². The molecule has 6 amide bonds. The van der Waals surface area contributed by atoms with Gasteiger partial charge in [0.05, 0.1) is 22.3 Å². The van der Waals surface area contributed by atoms with Crippen LogP contribution in [0.4, 0.5) is 19.6 Å². The number of benzene rings is 2. The van der Waals surface area contributed by atoms with Crippen LogP contribution in [-0.4, -0.2) is 66.9 Å². The summed E-state index contributed by atoms with van der Waals surface area (Å²) in [5, 5.41) is 11.8. The number of thioether (sulfide) groups is 2. The van der Waals surface area contributed by atoms with E-state index in [9.17, 15) is 19.2 Å². The fourth-order valence-electron chi connectivity index (χ4n) is 4.05. The van der Waals surface area contributed by atoms with Gasteiger partial charge in [-0.1, -0.05) is 48.0 Å². The Bertz CT molecular complexity index is 1960. The maximum Gasteiger partial charge on any atom is 0.321 e. The van der Waals surface area contributed by atoms with Gasteiger partial charge < -0.3 is 21.3 Å². The number of nitrogens with two attached hydrogens (primary N) is 2. The summed E-state index contributed by atoms with van der Waals surface area (Å²) in [5.41, 5.74) is 14.6. The lowest BCUT2D eigenvalue weighted by atomic mass is 10.2. The number of anilines is 2. The number of amides is 6. The van der Waals surface area contributed by atoms with E-state index >= 15 is 0 Å². The highest BCUT2D eigenvalue weighted by Gasteiger charge is 2.21. The lowest BCUT2D eigenvalue weighted by molar-refractivity contribution is 0.0990. The Balaban J connectivity index is 0.000000223. The number of hydrogen-bond acceptors (Lipinski definition) is 9. The summed E-state index contributed by atoms with van der Waals surface area (Å²) >= 11 is 11.4. The molecule has 6 N–H and O–H groups in total. The molecule has 2 aromatic carbocycles. The molecule has 5 aromatic rings. The molecule has 3 heterocycles. The van der Waals surface area contributed by atoms with E-state index in [4.69, 9.17) is 23.1 Å². The van der Waals surface area contributed by atoms with Crippen molar-refractivity contribution < 1.29 is 19.2 Å². The molecule has 0 saturated heterocycles. The van der Waals surface area contributed by atoms with Gasteiger partial charge in [-0.25, -0.2) is 9.59 Å². The van der Waals surface area contributed by atoms with Crippen LogP contribution in [0.5, 0.6) is 0 Å². The molecular weight excluding hydrogens is 722 g/mol. The van der Waals surface area contributed by atoms with Gasteiger partial charge >= 0.3 is 12.1 Å². The van der Waals surface area contributed by atoms with Crippen LogP contribution in [0.25, 0.3) is 10.9 Å². The van der Waals surface area contributed by atoms with Crippen LogP contribution in [0, 0.1) is 0 Å². The molecule has 0 unspecified atom stereocenters. The third-order valence-electron chi connectivity index (χ3n) is 6.60. The number of primary amides is 2. The fraction of sp³-hybridized carbons (Fsp3) is 0.182. The highest BCUT2D eigenvalue weighted by atomic mass is 35.5. The number of rotatable bonds is 10. The van der Waals surface area contributed by atoms with E-state index in [0.717, 1.165) is 32.0 Å². The monoisotopic (exact) mass is 755 g/mol. The zero-order valence-corrected chi connectivity index (χ0v) is 31.0. The summed E-state index contributed by atoms with van der Waals surface area (Å²) in [7, 11) is 6.52. The van der Waals surface area contributed by atoms with E-state index < -0.39 is 11.8 Å². The predicted molar refractivity (Wildman–Crippen MR) is 203 cm³/mol. The van der Waals surface area contributed by atoms with E-state index in [0.29, 0.717) is 37.7 Å². The molecule has 0 aliphatic heterocycles. The predicted octanol–water partition coefficient (Wildman–Crippen LogP) is 7.67. The lowest BCUT2D eigenvalue weighted by Crippen LogP contribution is -2.28. The van der Waals surface area contributed by atoms with E-state index in [1.807, 2.05) is 71.4 Å². The molecule has 0 radical (unpaired) electrons. The number of thiophene rings is 2. The molecular formula is C33H34ClN7O4S4. The minimum atomic E-state index is -0.561. The summed E-state index contributed by atoms with van der Waals surface area (Å²) in [4.78, 5) is 56.2. The third kappa shape index (κ3) is 10.4. The molecule has 11 nitrogen and oxygen atoms in total. The number of hydrogen-bond donors (Lipinski definition) is 4. The van der Waals surface area contributed by atoms with Crippen LogP contribution in [0.15, 0.2) is 81.2 Å². The normalized spacial score (nSPS) is 10.6. The van der Waals surface area contributed by atoms with Crippen LogP contribution in [0.3, 0.4) is 0 Å². The number of urea groups is 2. The quantitative estimate of drug-likeness (QED) is 0.106. The number of aromatic nitrogens is 1.